The second-order valence-corrected chi connectivity index (χ2v) is 3.48. The zero-order valence-corrected chi connectivity index (χ0v) is 7.44. The fourth-order valence-corrected chi connectivity index (χ4v) is 1.91. The number of carbonyl (C=O) groups excluding carboxylic acids is 1. The normalized spacial score (nSPS) is 27.4. The summed E-state index contributed by atoms with van der Waals surface area (Å²) in [5.41, 5.74) is 1.27. The minimum atomic E-state index is 0.155. The number of nitrogens with one attached hydrogen (secondary N) is 1. The van der Waals surface area contributed by atoms with Crippen LogP contribution in [0.4, 0.5) is 0 Å². The van der Waals surface area contributed by atoms with Gasteiger partial charge in [-0.15, -0.1) is 0 Å². The van der Waals surface area contributed by atoms with Gasteiger partial charge in [-0.1, -0.05) is 30.3 Å². The molecule has 1 aliphatic heterocycles. The first-order chi connectivity index (χ1) is 6.42. The lowest BCUT2D eigenvalue weighted by Gasteiger charge is -2.12. The van der Waals surface area contributed by atoms with Crippen LogP contribution in [0.1, 0.15) is 11.5 Å². The summed E-state index contributed by atoms with van der Waals surface area (Å²) >= 11 is 0. The van der Waals surface area contributed by atoms with E-state index >= 15 is 0 Å². The highest BCUT2D eigenvalue weighted by atomic mass is 16.1. The molecule has 0 aromatic heterocycles. The SMILES string of the molecule is O=CC1CNCC1c1ccccc1. The van der Waals surface area contributed by atoms with Crippen molar-refractivity contribution >= 4 is 6.29 Å². The van der Waals surface area contributed by atoms with Gasteiger partial charge in [0.15, 0.2) is 0 Å². The molecule has 0 aliphatic carbocycles. The summed E-state index contributed by atoms with van der Waals surface area (Å²) in [4.78, 5) is 10.8. The molecule has 1 saturated heterocycles. The highest BCUT2D eigenvalue weighted by Gasteiger charge is 2.27. The van der Waals surface area contributed by atoms with E-state index in [1.54, 1.807) is 0 Å². The summed E-state index contributed by atoms with van der Waals surface area (Å²) in [6, 6.07) is 10.2. The van der Waals surface area contributed by atoms with Gasteiger partial charge in [0, 0.05) is 24.9 Å². The summed E-state index contributed by atoms with van der Waals surface area (Å²) < 4.78 is 0. The summed E-state index contributed by atoms with van der Waals surface area (Å²) in [7, 11) is 0. The number of aldehydes is 1. The van der Waals surface area contributed by atoms with Crippen LogP contribution in [0.5, 0.6) is 0 Å². The number of hydrogen-bond donors (Lipinski definition) is 1. The van der Waals surface area contributed by atoms with E-state index in [-0.39, 0.29) is 5.92 Å². The molecule has 1 fully saturated rings. The number of hydrogen-bond acceptors (Lipinski definition) is 2. The van der Waals surface area contributed by atoms with Crippen molar-refractivity contribution in [1.82, 2.24) is 5.32 Å². The molecule has 2 atom stereocenters. The van der Waals surface area contributed by atoms with Gasteiger partial charge in [-0.05, 0) is 5.56 Å². The topological polar surface area (TPSA) is 29.1 Å². The standard InChI is InChI=1S/C11H13NO/c13-8-10-6-12-7-11(10)9-4-2-1-3-5-9/h1-5,8,10-12H,6-7H2. The molecule has 0 spiro atoms. The van der Waals surface area contributed by atoms with Gasteiger partial charge in [-0.2, -0.15) is 0 Å². The minimum Gasteiger partial charge on any atom is -0.315 e. The van der Waals surface area contributed by atoms with E-state index in [0.717, 1.165) is 19.4 Å². The molecule has 2 nitrogen and oxygen atoms in total. The molecule has 1 aliphatic rings. The Morgan fingerprint density at radius 3 is 2.69 bits per heavy atom. The molecule has 1 aromatic carbocycles. The van der Waals surface area contributed by atoms with E-state index in [1.807, 2.05) is 18.2 Å². The molecule has 0 amide bonds. The van der Waals surface area contributed by atoms with Crippen LogP contribution in [0.25, 0.3) is 0 Å². The monoisotopic (exact) mass is 175 g/mol. The molecule has 1 N–H and O–H groups in total. The van der Waals surface area contributed by atoms with Crippen molar-refractivity contribution in [3.05, 3.63) is 35.9 Å². The summed E-state index contributed by atoms with van der Waals surface area (Å²) in [5.74, 6) is 0.529. The van der Waals surface area contributed by atoms with Gasteiger partial charge >= 0.3 is 0 Å². The Morgan fingerprint density at radius 2 is 2.00 bits per heavy atom. The fourth-order valence-electron chi connectivity index (χ4n) is 1.91. The zero-order valence-electron chi connectivity index (χ0n) is 7.44. The van der Waals surface area contributed by atoms with Crippen molar-refractivity contribution in [3.8, 4) is 0 Å². The first-order valence-electron chi connectivity index (χ1n) is 4.63. The van der Waals surface area contributed by atoms with Crippen LogP contribution in [0.15, 0.2) is 30.3 Å². The van der Waals surface area contributed by atoms with Gasteiger partial charge < -0.3 is 10.1 Å². The van der Waals surface area contributed by atoms with Gasteiger partial charge in [0.05, 0.1) is 0 Å². The van der Waals surface area contributed by atoms with Crippen LogP contribution in [-0.2, 0) is 4.79 Å². The van der Waals surface area contributed by atoms with Crippen LogP contribution in [0.2, 0.25) is 0 Å². The number of carbonyl (C=O) groups is 1. The lowest BCUT2D eigenvalue weighted by molar-refractivity contribution is -0.110. The number of benzene rings is 1. The quantitative estimate of drug-likeness (QED) is 0.684. The predicted molar refractivity (Wildman–Crippen MR) is 51.6 cm³/mol. The first-order valence-corrected chi connectivity index (χ1v) is 4.63. The smallest absolute Gasteiger partial charge is 0.125 e. The second kappa shape index (κ2) is 3.71. The molecule has 1 heterocycles. The first kappa shape index (κ1) is 8.45. The van der Waals surface area contributed by atoms with Crippen molar-refractivity contribution < 1.29 is 4.79 Å². The van der Waals surface area contributed by atoms with Crippen LogP contribution in [0, 0.1) is 5.92 Å². The summed E-state index contributed by atoms with van der Waals surface area (Å²) in [6.07, 6.45) is 1.07. The van der Waals surface area contributed by atoms with E-state index in [1.165, 1.54) is 5.56 Å². The van der Waals surface area contributed by atoms with Gasteiger partial charge in [0.1, 0.15) is 6.29 Å². The third kappa shape index (κ3) is 1.63. The van der Waals surface area contributed by atoms with E-state index in [4.69, 9.17) is 0 Å². The highest BCUT2D eigenvalue weighted by Crippen LogP contribution is 2.25. The van der Waals surface area contributed by atoms with Gasteiger partial charge in [0.25, 0.3) is 0 Å². The third-order valence-corrected chi connectivity index (χ3v) is 2.66. The Morgan fingerprint density at radius 1 is 1.23 bits per heavy atom. The molecular formula is C11H13NO. The molecule has 1 aromatic rings. The minimum absolute atomic E-state index is 0.155. The number of rotatable bonds is 2. The van der Waals surface area contributed by atoms with E-state index in [9.17, 15) is 4.79 Å². The van der Waals surface area contributed by atoms with Crippen LogP contribution >= 0.6 is 0 Å². The van der Waals surface area contributed by atoms with E-state index < -0.39 is 0 Å². The largest absolute Gasteiger partial charge is 0.315 e. The molecule has 2 unspecified atom stereocenters. The maximum atomic E-state index is 10.8. The van der Waals surface area contributed by atoms with Crippen molar-refractivity contribution in [1.29, 1.82) is 0 Å². The third-order valence-electron chi connectivity index (χ3n) is 2.66. The van der Waals surface area contributed by atoms with E-state index in [0.29, 0.717) is 5.92 Å². The zero-order chi connectivity index (χ0) is 9.10. The predicted octanol–water partition coefficient (Wildman–Crippen LogP) is 1.19. The van der Waals surface area contributed by atoms with E-state index in [2.05, 4.69) is 17.4 Å². The summed E-state index contributed by atoms with van der Waals surface area (Å²) in [6.45, 7) is 1.75. The van der Waals surface area contributed by atoms with Gasteiger partial charge in [-0.25, -0.2) is 0 Å². The fraction of sp³-hybridized carbons (Fsp3) is 0.364. The van der Waals surface area contributed by atoms with Gasteiger partial charge in [-0.3, -0.25) is 0 Å². The maximum Gasteiger partial charge on any atom is 0.125 e. The molecule has 0 radical (unpaired) electrons. The van der Waals surface area contributed by atoms with Crippen molar-refractivity contribution in [2.45, 2.75) is 5.92 Å². The molecule has 68 valence electrons. The highest BCUT2D eigenvalue weighted by molar-refractivity contribution is 5.57. The molecular weight excluding hydrogens is 162 g/mol. The average molecular weight is 175 g/mol. The van der Waals surface area contributed by atoms with Crippen LogP contribution in [0.3, 0.4) is 0 Å². The summed E-state index contributed by atoms with van der Waals surface area (Å²) in [5, 5.41) is 3.24. The van der Waals surface area contributed by atoms with Crippen molar-refractivity contribution in [3.63, 3.8) is 0 Å². The molecule has 2 rings (SSSR count). The Balaban J connectivity index is 2.21. The molecule has 0 bridgehead atoms. The average Bonchev–Trinajstić information content (AvgIpc) is 2.67. The lowest BCUT2D eigenvalue weighted by atomic mass is 9.90. The van der Waals surface area contributed by atoms with Gasteiger partial charge in [0.2, 0.25) is 0 Å². The molecule has 13 heavy (non-hydrogen) atoms. The van der Waals surface area contributed by atoms with Crippen LogP contribution < -0.4 is 5.32 Å². The maximum absolute atomic E-state index is 10.8. The Bertz CT molecular complexity index is 283. The lowest BCUT2D eigenvalue weighted by Crippen LogP contribution is -2.11. The second-order valence-electron chi connectivity index (χ2n) is 3.48. The Hall–Kier alpha value is -1.15. The Labute approximate surface area is 78.0 Å². The van der Waals surface area contributed by atoms with Crippen molar-refractivity contribution in [2.75, 3.05) is 13.1 Å². The van der Waals surface area contributed by atoms with Crippen LogP contribution in [-0.4, -0.2) is 19.4 Å². The molecule has 2 heteroatoms. The van der Waals surface area contributed by atoms with Crippen molar-refractivity contribution in [2.24, 2.45) is 5.92 Å². The molecule has 0 saturated carbocycles. The Kier molecular flexibility index (Phi) is 2.41.